The summed E-state index contributed by atoms with van der Waals surface area (Å²) in [5, 5.41) is 0. The van der Waals surface area contributed by atoms with Crippen molar-refractivity contribution in [3.8, 4) is 33.8 Å². The van der Waals surface area contributed by atoms with E-state index < -0.39 is 6.85 Å². The number of aromatic nitrogens is 3. The molecule has 0 fully saturated rings. The molecule has 0 aliphatic carbocycles. The fourth-order valence-corrected chi connectivity index (χ4v) is 2.96. The minimum atomic E-state index is -2.21. The van der Waals surface area contributed by atoms with Crippen molar-refractivity contribution in [2.75, 3.05) is 0 Å². The molecule has 3 nitrogen and oxygen atoms in total. The normalized spacial score (nSPS) is 11.6. The van der Waals surface area contributed by atoms with Gasteiger partial charge in [-0.2, -0.15) is 0 Å². The Kier molecular flexibility index (Phi) is 7.10. The van der Waals surface area contributed by atoms with Gasteiger partial charge in [0, 0.05) is 42.3 Å². The number of hydrogen-bond donors (Lipinski definition) is 0. The summed E-state index contributed by atoms with van der Waals surface area (Å²) in [5.74, 6) is 0. The maximum absolute atomic E-state index is 7.46. The Bertz CT molecular complexity index is 1290. The Hall–Kier alpha value is -3.46. The fourth-order valence-electron chi connectivity index (χ4n) is 2.96. The predicted octanol–water partition coefficient (Wildman–Crippen LogP) is 6.47. The van der Waals surface area contributed by atoms with Gasteiger partial charge in [0.2, 0.25) is 0 Å². The van der Waals surface area contributed by atoms with Gasteiger partial charge in [0.15, 0.2) is 0 Å². The predicted molar refractivity (Wildman–Crippen MR) is 125 cm³/mol. The SMILES string of the molecule is [2H]C([2H])([2H])c1cccc(-c2ccnc(-c3[c-]cccc3)c2)n1.[Ir].[c-]1ccccc1-c1ccccn1. The number of nitrogens with zero attached hydrogens (tertiary/aromatic N) is 3. The first-order valence-electron chi connectivity index (χ1n) is 11.3. The second-order valence-corrected chi connectivity index (χ2v) is 6.61. The summed E-state index contributed by atoms with van der Waals surface area (Å²) in [4.78, 5) is 12.8. The van der Waals surface area contributed by atoms with E-state index in [1.165, 1.54) is 6.07 Å². The van der Waals surface area contributed by atoms with Gasteiger partial charge in [-0.05, 0) is 48.1 Å². The van der Waals surface area contributed by atoms with Gasteiger partial charge < -0.3 is 9.97 Å². The molecule has 0 aliphatic heterocycles. The first-order valence-corrected chi connectivity index (χ1v) is 9.80. The summed E-state index contributed by atoms with van der Waals surface area (Å²) >= 11 is 0. The maximum Gasteiger partial charge on any atom is 0.0698 e. The second kappa shape index (κ2) is 11.8. The minimum Gasteiger partial charge on any atom is -0.305 e. The molecule has 3 aromatic heterocycles. The number of aryl methyl sites for hydroxylation is 1. The van der Waals surface area contributed by atoms with Crippen molar-refractivity contribution in [3.05, 3.63) is 127 Å². The standard InChI is InChI=1S/C17H13N2.C11H8N.Ir/c1-13-6-5-9-16(19-13)15-10-11-18-17(12-15)14-7-3-2-4-8-14;1-2-6-10(7-3-1)11-8-4-5-9-12-11;/h2-7,9-12H,1H3;1-6,8-9H;/q2*-1;/i1D3;;. The van der Waals surface area contributed by atoms with Crippen LogP contribution in [0.3, 0.4) is 0 Å². The molecule has 0 unspecified atom stereocenters. The zero-order valence-electron chi connectivity index (χ0n) is 20.1. The van der Waals surface area contributed by atoms with E-state index >= 15 is 0 Å². The van der Waals surface area contributed by atoms with Gasteiger partial charge in [0.05, 0.1) is 5.69 Å². The van der Waals surface area contributed by atoms with Gasteiger partial charge in [-0.1, -0.05) is 24.3 Å². The topological polar surface area (TPSA) is 38.7 Å². The molecule has 5 rings (SSSR count). The van der Waals surface area contributed by atoms with Gasteiger partial charge in [0.1, 0.15) is 0 Å². The van der Waals surface area contributed by atoms with Crippen LogP contribution >= 0.6 is 0 Å². The Labute approximate surface area is 206 Å². The summed E-state index contributed by atoms with van der Waals surface area (Å²) in [6, 6.07) is 36.2. The largest absolute Gasteiger partial charge is 0.305 e. The molecule has 159 valence electrons. The van der Waals surface area contributed by atoms with Gasteiger partial charge in [0.25, 0.3) is 0 Å². The number of pyridine rings is 3. The van der Waals surface area contributed by atoms with E-state index in [9.17, 15) is 0 Å². The minimum absolute atomic E-state index is 0. The van der Waals surface area contributed by atoms with Crippen molar-refractivity contribution in [1.82, 2.24) is 15.0 Å². The Balaban J connectivity index is 0.000000223. The Morgan fingerprint density at radius 2 is 1.34 bits per heavy atom. The zero-order chi connectivity index (χ0) is 23.8. The van der Waals surface area contributed by atoms with Crippen LogP contribution in [0.1, 0.15) is 9.81 Å². The monoisotopic (exact) mass is 595 g/mol. The first kappa shape index (κ1) is 19.2. The van der Waals surface area contributed by atoms with Gasteiger partial charge >= 0.3 is 0 Å². The van der Waals surface area contributed by atoms with Crippen molar-refractivity contribution >= 4 is 0 Å². The van der Waals surface area contributed by atoms with Crippen LogP contribution in [0.5, 0.6) is 0 Å². The maximum atomic E-state index is 7.46. The Morgan fingerprint density at radius 3 is 2.00 bits per heavy atom. The van der Waals surface area contributed by atoms with Crippen LogP contribution < -0.4 is 0 Å². The van der Waals surface area contributed by atoms with Gasteiger partial charge in [-0.3, -0.25) is 4.98 Å². The molecule has 1 radical (unpaired) electrons. The van der Waals surface area contributed by atoms with Crippen molar-refractivity contribution in [1.29, 1.82) is 0 Å². The van der Waals surface area contributed by atoms with E-state index in [0.29, 0.717) is 5.69 Å². The smallest absolute Gasteiger partial charge is 0.0698 e. The molecule has 0 N–H and O–H groups in total. The summed E-state index contributed by atoms with van der Waals surface area (Å²) in [6.07, 6.45) is 3.48. The van der Waals surface area contributed by atoms with E-state index in [0.717, 1.165) is 28.1 Å². The molecule has 32 heavy (non-hydrogen) atoms. The number of hydrogen-bond acceptors (Lipinski definition) is 3. The van der Waals surface area contributed by atoms with Crippen LogP contribution in [0.15, 0.2) is 109 Å². The molecular weight excluding hydrogens is 571 g/mol. The van der Waals surface area contributed by atoms with Crippen LogP contribution in [0.4, 0.5) is 0 Å². The fraction of sp³-hybridized carbons (Fsp3) is 0.0357. The van der Waals surface area contributed by atoms with Crippen molar-refractivity contribution in [2.24, 2.45) is 0 Å². The average Bonchev–Trinajstić information content (AvgIpc) is 2.90. The van der Waals surface area contributed by atoms with Crippen LogP contribution in [-0.2, 0) is 20.1 Å². The van der Waals surface area contributed by atoms with Crippen LogP contribution in [0, 0.1) is 19.0 Å². The van der Waals surface area contributed by atoms with Gasteiger partial charge in [-0.15, -0.1) is 71.8 Å². The third-order valence-electron chi connectivity index (χ3n) is 4.44. The second-order valence-electron chi connectivity index (χ2n) is 6.61. The molecule has 0 saturated carbocycles. The van der Waals surface area contributed by atoms with Gasteiger partial charge in [-0.25, -0.2) is 0 Å². The van der Waals surface area contributed by atoms with E-state index in [-0.39, 0.29) is 25.8 Å². The van der Waals surface area contributed by atoms with Crippen LogP contribution in [0.2, 0.25) is 0 Å². The third-order valence-corrected chi connectivity index (χ3v) is 4.44. The number of benzene rings is 2. The average molecular weight is 595 g/mol. The molecule has 4 heteroatoms. The van der Waals surface area contributed by atoms with Crippen LogP contribution in [-0.4, -0.2) is 15.0 Å². The molecule has 3 heterocycles. The van der Waals surface area contributed by atoms with E-state index in [4.69, 9.17) is 4.11 Å². The molecular formula is C28H21IrN3-2. The van der Waals surface area contributed by atoms with Crippen molar-refractivity contribution in [2.45, 2.75) is 6.85 Å². The zero-order valence-corrected chi connectivity index (χ0v) is 19.5. The first-order chi connectivity index (χ1) is 16.5. The Morgan fingerprint density at radius 1 is 0.656 bits per heavy atom. The summed E-state index contributed by atoms with van der Waals surface area (Å²) in [7, 11) is 0. The molecule has 5 aromatic rings. The summed E-state index contributed by atoms with van der Waals surface area (Å²) < 4.78 is 22.4. The molecule has 0 bridgehead atoms. The molecule has 2 aromatic carbocycles. The number of rotatable bonds is 3. The van der Waals surface area contributed by atoms with E-state index in [2.05, 4.69) is 27.1 Å². The molecule has 0 atom stereocenters. The molecule has 0 amide bonds. The quantitative estimate of drug-likeness (QED) is 0.225. The van der Waals surface area contributed by atoms with E-state index in [1.807, 2.05) is 78.9 Å². The molecule has 0 aliphatic rings. The molecule has 0 saturated heterocycles. The van der Waals surface area contributed by atoms with Crippen LogP contribution in [0.25, 0.3) is 33.8 Å². The van der Waals surface area contributed by atoms with E-state index in [1.54, 1.807) is 24.5 Å². The molecule has 0 spiro atoms. The third kappa shape index (κ3) is 6.27. The summed E-state index contributed by atoms with van der Waals surface area (Å²) in [5.41, 5.74) is 5.21. The summed E-state index contributed by atoms with van der Waals surface area (Å²) in [6.45, 7) is -2.21. The van der Waals surface area contributed by atoms with Crippen molar-refractivity contribution in [3.63, 3.8) is 0 Å². The van der Waals surface area contributed by atoms with Crippen molar-refractivity contribution < 1.29 is 24.2 Å².